The molecule has 0 amide bonds. The van der Waals surface area contributed by atoms with Gasteiger partial charge in [0.05, 0.1) is 23.1 Å². The second-order valence-electron chi connectivity index (χ2n) is 5.78. The highest BCUT2D eigenvalue weighted by atomic mass is 15.0. The summed E-state index contributed by atoms with van der Waals surface area (Å²) in [5, 5.41) is 4.33. The Morgan fingerprint density at radius 3 is 2.50 bits per heavy atom. The molecule has 0 fully saturated rings. The molecule has 4 aromatic rings. The third kappa shape index (κ3) is 3.11. The van der Waals surface area contributed by atoms with Crippen LogP contribution in [0.25, 0.3) is 22.0 Å². The quantitative estimate of drug-likeness (QED) is 0.565. The fourth-order valence-corrected chi connectivity index (χ4v) is 2.91. The summed E-state index contributed by atoms with van der Waals surface area (Å²) in [6.07, 6.45) is 7.33. The predicted octanol–water partition coefficient (Wildman–Crippen LogP) is 4.29. The number of hydrogen-bond acceptors (Lipinski definition) is 4. The Kier molecular flexibility index (Phi) is 4.28. The van der Waals surface area contributed by atoms with Gasteiger partial charge in [-0.2, -0.15) is 0 Å². The Morgan fingerprint density at radius 2 is 1.73 bits per heavy atom. The SMILES string of the molecule is C#Cc1nc(NCc2ccccn2)c2c(-c3ccccc3)cccc2n1. The van der Waals surface area contributed by atoms with Gasteiger partial charge in [-0.15, -0.1) is 6.42 Å². The van der Waals surface area contributed by atoms with Crippen molar-refractivity contribution in [1.29, 1.82) is 0 Å². The van der Waals surface area contributed by atoms with Gasteiger partial charge in [-0.1, -0.05) is 48.5 Å². The molecular formula is C22H16N4. The molecule has 0 radical (unpaired) electrons. The molecule has 0 spiro atoms. The molecule has 26 heavy (non-hydrogen) atoms. The van der Waals surface area contributed by atoms with Crippen LogP contribution in [0.15, 0.2) is 72.9 Å². The van der Waals surface area contributed by atoms with E-state index in [0.717, 1.165) is 27.7 Å². The molecule has 0 saturated carbocycles. The van der Waals surface area contributed by atoms with Gasteiger partial charge in [-0.25, -0.2) is 9.97 Å². The molecular weight excluding hydrogens is 320 g/mol. The summed E-state index contributed by atoms with van der Waals surface area (Å²) in [6.45, 7) is 0.556. The molecule has 1 N–H and O–H groups in total. The molecule has 2 aromatic carbocycles. The van der Waals surface area contributed by atoms with Crippen LogP contribution in [0.4, 0.5) is 5.82 Å². The van der Waals surface area contributed by atoms with Gasteiger partial charge in [0.2, 0.25) is 5.82 Å². The predicted molar refractivity (Wildman–Crippen MR) is 104 cm³/mol. The van der Waals surface area contributed by atoms with Crippen molar-refractivity contribution >= 4 is 16.7 Å². The normalized spacial score (nSPS) is 10.4. The van der Waals surface area contributed by atoms with Crippen LogP contribution < -0.4 is 5.32 Å². The number of aromatic nitrogens is 3. The monoisotopic (exact) mass is 336 g/mol. The molecule has 2 heterocycles. The number of nitrogens with zero attached hydrogens (tertiary/aromatic N) is 3. The van der Waals surface area contributed by atoms with Crippen LogP contribution >= 0.6 is 0 Å². The van der Waals surface area contributed by atoms with Crippen LogP contribution in [0, 0.1) is 12.3 Å². The Bertz CT molecular complexity index is 1080. The van der Waals surface area contributed by atoms with Gasteiger partial charge in [0.15, 0.2) is 0 Å². The maximum absolute atomic E-state index is 5.55. The van der Waals surface area contributed by atoms with Gasteiger partial charge in [0, 0.05) is 6.20 Å². The molecule has 2 aromatic heterocycles. The standard InChI is InChI=1S/C22H16N4/c1-2-20-25-19-13-8-12-18(16-9-4-3-5-10-16)21(19)22(26-20)24-15-17-11-6-7-14-23-17/h1,3-14H,15H2,(H,24,25,26). The Hall–Kier alpha value is -3.71. The highest BCUT2D eigenvalue weighted by Gasteiger charge is 2.12. The Morgan fingerprint density at radius 1 is 0.885 bits per heavy atom. The molecule has 0 aliphatic rings. The van der Waals surface area contributed by atoms with Crippen molar-refractivity contribution in [3.8, 4) is 23.5 Å². The minimum absolute atomic E-state index is 0.367. The first-order chi connectivity index (χ1) is 12.8. The number of rotatable bonds is 4. The molecule has 0 aliphatic heterocycles. The van der Waals surface area contributed by atoms with Gasteiger partial charge in [-0.3, -0.25) is 4.98 Å². The third-order valence-corrected chi connectivity index (χ3v) is 4.10. The molecule has 4 heteroatoms. The number of benzene rings is 2. The second kappa shape index (κ2) is 7.04. The number of nitrogens with one attached hydrogen (secondary N) is 1. The van der Waals surface area contributed by atoms with Gasteiger partial charge in [-0.05, 0) is 35.2 Å². The van der Waals surface area contributed by atoms with Gasteiger partial charge in [0.1, 0.15) is 5.82 Å². The maximum atomic E-state index is 5.55. The van der Waals surface area contributed by atoms with E-state index in [0.29, 0.717) is 18.2 Å². The first-order valence-corrected chi connectivity index (χ1v) is 8.32. The van der Waals surface area contributed by atoms with Crippen LogP contribution in [0.3, 0.4) is 0 Å². The lowest BCUT2D eigenvalue weighted by Crippen LogP contribution is -2.06. The van der Waals surface area contributed by atoms with E-state index in [4.69, 9.17) is 6.42 Å². The van der Waals surface area contributed by atoms with E-state index >= 15 is 0 Å². The molecule has 0 bridgehead atoms. The van der Waals surface area contributed by atoms with Crippen LogP contribution in [0.2, 0.25) is 0 Å². The fraction of sp³-hybridized carbons (Fsp3) is 0.0455. The molecule has 4 nitrogen and oxygen atoms in total. The van der Waals surface area contributed by atoms with Crippen molar-refractivity contribution in [2.75, 3.05) is 5.32 Å². The zero-order valence-corrected chi connectivity index (χ0v) is 14.1. The van der Waals surface area contributed by atoms with Crippen molar-refractivity contribution in [3.63, 3.8) is 0 Å². The first kappa shape index (κ1) is 15.8. The Balaban J connectivity index is 1.85. The van der Waals surface area contributed by atoms with E-state index in [-0.39, 0.29) is 0 Å². The molecule has 0 saturated heterocycles. The molecule has 0 aliphatic carbocycles. The molecule has 0 atom stereocenters. The van der Waals surface area contributed by atoms with Crippen LogP contribution in [-0.2, 0) is 6.54 Å². The number of pyridine rings is 1. The summed E-state index contributed by atoms with van der Waals surface area (Å²) < 4.78 is 0. The van der Waals surface area contributed by atoms with E-state index in [1.165, 1.54) is 0 Å². The zero-order valence-electron chi connectivity index (χ0n) is 14.1. The highest BCUT2D eigenvalue weighted by molar-refractivity contribution is 6.01. The van der Waals surface area contributed by atoms with Crippen molar-refractivity contribution in [1.82, 2.24) is 15.0 Å². The largest absolute Gasteiger partial charge is 0.364 e. The minimum atomic E-state index is 0.367. The highest BCUT2D eigenvalue weighted by Crippen LogP contribution is 2.32. The van der Waals surface area contributed by atoms with Gasteiger partial charge >= 0.3 is 0 Å². The van der Waals surface area contributed by atoms with Crippen LogP contribution in [-0.4, -0.2) is 15.0 Å². The van der Waals surface area contributed by atoms with E-state index < -0.39 is 0 Å². The van der Waals surface area contributed by atoms with Crippen LogP contribution in [0.1, 0.15) is 11.5 Å². The van der Waals surface area contributed by atoms with Crippen molar-refractivity contribution < 1.29 is 0 Å². The molecule has 0 unspecified atom stereocenters. The van der Waals surface area contributed by atoms with Crippen molar-refractivity contribution in [2.24, 2.45) is 0 Å². The van der Waals surface area contributed by atoms with E-state index in [9.17, 15) is 0 Å². The molecule has 124 valence electrons. The first-order valence-electron chi connectivity index (χ1n) is 8.32. The average molecular weight is 336 g/mol. The van der Waals surface area contributed by atoms with E-state index in [1.807, 2.05) is 48.5 Å². The number of anilines is 1. The fourth-order valence-electron chi connectivity index (χ4n) is 2.91. The third-order valence-electron chi connectivity index (χ3n) is 4.10. The second-order valence-corrected chi connectivity index (χ2v) is 5.78. The summed E-state index contributed by atoms with van der Waals surface area (Å²) >= 11 is 0. The summed E-state index contributed by atoms with van der Waals surface area (Å²) in [6, 6.07) is 22.0. The Labute approximate surface area is 152 Å². The number of hydrogen-bond donors (Lipinski definition) is 1. The van der Waals surface area contributed by atoms with Crippen molar-refractivity contribution in [2.45, 2.75) is 6.54 Å². The van der Waals surface area contributed by atoms with Crippen molar-refractivity contribution in [3.05, 3.63) is 84.4 Å². The average Bonchev–Trinajstić information content (AvgIpc) is 2.72. The molecule has 4 rings (SSSR count). The number of terminal acetylenes is 1. The maximum Gasteiger partial charge on any atom is 0.207 e. The topological polar surface area (TPSA) is 50.7 Å². The van der Waals surface area contributed by atoms with Gasteiger partial charge in [0.25, 0.3) is 0 Å². The summed E-state index contributed by atoms with van der Waals surface area (Å²) in [5.41, 5.74) is 3.92. The summed E-state index contributed by atoms with van der Waals surface area (Å²) in [4.78, 5) is 13.4. The lowest BCUT2D eigenvalue weighted by molar-refractivity contribution is 1.02. The summed E-state index contributed by atoms with van der Waals surface area (Å²) in [7, 11) is 0. The lowest BCUT2D eigenvalue weighted by Gasteiger charge is -2.13. The lowest BCUT2D eigenvalue weighted by atomic mass is 10.0. The van der Waals surface area contributed by atoms with Gasteiger partial charge < -0.3 is 5.32 Å². The smallest absolute Gasteiger partial charge is 0.207 e. The van der Waals surface area contributed by atoms with E-state index in [1.54, 1.807) is 6.20 Å². The minimum Gasteiger partial charge on any atom is -0.364 e. The van der Waals surface area contributed by atoms with E-state index in [2.05, 4.69) is 44.4 Å². The summed E-state index contributed by atoms with van der Waals surface area (Å²) in [5.74, 6) is 3.62. The zero-order chi connectivity index (χ0) is 17.8. The number of fused-ring (bicyclic) bond motifs is 1. The van der Waals surface area contributed by atoms with Crippen LogP contribution in [0.5, 0.6) is 0 Å².